The molecule has 0 aromatic rings. The van der Waals surface area contributed by atoms with Gasteiger partial charge < -0.3 is 29.5 Å². The monoisotopic (exact) mass is 811 g/mol. The molecule has 0 aromatic carbocycles. The van der Waals surface area contributed by atoms with Gasteiger partial charge in [0.15, 0.2) is 6.29 Å². The van der Waals surface area contributed by atoms with Crippen LogP contribution in [0.4, 0.5) is 0 Å². The van der Waals surface area contributed by atoms with Crippen LogP contribution in [0.2, 0.25) is 0 Å². The Morgan fingerprint density at radius 1 is 0.828 bits per heavy atom. The lowest BCUT2D eigenvalue weighted by Crippen LogP contribution is -2.60. The summed E-state index contributed by atoms with van der Waals surface area (Å²) in [4.78, 5) is 12.6. The molecule has 0 spiro atoms. The van der Waals surface area contributed by atoms with E-state index in [1.807, 2.05) is 0 Å². The molecule has 4 fully saturated rings. The highest BCUT2D eigenvalue weighted by Gasteiger charge is 2.59. The molecule has 5 aliphatic rings. The number of unbranched alkanes of at least 4 members (excludes halogenated alkanes) is 8. The van der Waals surface area contributed by atoms with Gasteiger partial charge in [0.25, 0.3) is 0 Å². The van der Waals surface area contributed by atoms with Gasteiger partial charge in [-0.1, -0.05) is 129 Å². The Hall–Kier alpha value is -1.51. The van der Waals surface area contributed by atoms with Gasteiger partial charge >= 0.3 is 5.97 Å². The van der Waals surface area contributed by atoms with Crippen molar-refractivity contribution < 1.29 is 34.3 Å². The van der Waals surface area contributed by atoms with Crippen LogP contribution in [-0.2, 0) is 19.0 Å². The molecular formula is C51H86O7. The number of hydrogen-bond acceptors (Lipinski definition) is 7. The lowest BCUT2D eigenvalue weighted by atomic mass is 9.47. The number of carbonyl (C=O) groups is 1. The van der Waals surface area contributed by atoms with Crippen molar-refractivity contribution in [1.29, 1.82) is 0 Å². The summed E-state index contributed by atoms with van der Waals surface area (Å²) in [5, 5.41) is 32.5. The van der Waals surface area contributed by atoms with Gasteiger partial charge in [-0.05, 0) is 136 Å². The van der Waals surface area contributed by atoms with E-state index in [2.05, 4.69) is 71.9 Å². The van der Waals surface area contributed by atoms with Crippen molar-refractivity contribution in [3.8, 4) is 0 Å². The second-order valence-corrected chi connectivity index (χ2v) is 20.5. The molecule has 3 N–H and O–H groups in total. The molecule has 0 radical (unpaired) electrons. The van der Waals surface area contributed by atoms with E-state index in [0.29, 0.717) is 17.8 Å². The average molecular weight is 811 g/mol. The van der Waals surface area contributed by atoms with Crippen LogP contribution < -0.4 is 0 Å². The first-order valence-electron chi connectivity index (χ1n) is 24.4. The number of aliphatic hydroxyl groups excluding tert-OH is 3. The average Bonchev–Trinajstić information content (AvgIpc) is 3.56. The molecule has 0 aromatic heterocycles. The van der Waals surface area contributed by atoms with Gasteiger partial charge in [-0.15, -0.1) is 0 Å². The molecule has 332 valence electrons. The van der Waals surface area contributed by atoms with Crippen LogP contribution in [-0.4, -0.2) is 64.7 Å². The van der Waals surface area contributed by atoms with E-state index in [1.165, 1.54) is 76.2 Å². The number of fused-ring (bicyclic) bond motifs is 5. The number of rotatable bonds is 23. The third-order valence-corrected chi connectivity index (χ3v) is 16.0. The Balaban J connectivity index is 1.02. The summed E-state index contributed by atoms with van der Waals surface area (Å²) >= 11 is 0. The summed E-state index contributed by atoms with van der Waals surface area (Å²) in [6, 6.07) is 0. The number of esters is 1. The molecule has 1 aliphatic heterocycles. The topological polar surface area (TPSA) is 105 Å². The van der Waals surface area contributed by atoms with Crippen molar-refractivity contribution >= 4 is 5.97 Å². The quantitative estimate of drug-likeness (QED) is 0.0536. The van der Waals surface area contributed by atoms with E-state index in [-0.39, 0.29) is 24.1 Å². The van der Waals surface area contributed by atoms with Crippen molar-refractivity contribution in [2.45, 2.75) is 226 Å². The molecule has 58 heavy (non-hydrogen) atoms. The summed E-state index contributed by atoms with van der Waals surface area (Å²) in [6.07, 6.45) is 31.3. The van der Waals surface area contributed by atoms with Gasteiger partial charge in [0.2, 0.25) is 0 Å². The van der Waals surface area contributed by atoms with Gasteiger partial charge in [0.05, 0.1) is 6.10 Å². The minimum atomic E-state index is -1.45. The van der Waals surface area contributed by atoms with Crippen LogP contribution in [0.3, 0.4) is 0 Å². The molecule has 7 nitrogen and oxygen atoms in total. The summed E-state index contributed by atoms with van der Waals surface area (Å²) in [5.41, 5.74) is 2.13. The highest BCUT2D eigenvalue weighted by Crippen LogP contribution is 2.67. The van der Waals surface area contributed by atoms with E-state index in [1.54, 1.807) is 0 Å². The summed E-state index contributed by atoms with van der Waals surface area (Å²) < 4.78 is 18.0. The molecule has 3 saturated carbocycles. The minimum Gasteiger partial charge on any atom is -0.463 e. The van der Waals surface area contributed by atoms with Crippen molar-refractivity contribution in [2.75, 3.05) is 6.61 Å². The van der Waals surface area contributed by atoms with Gasteiger partial charge in [0.1, 0.15) is 31.0 Å². The minimum absolute atomic E-state index is 0.143. The first-order valence-corrected chi connectivity index (χ1v) is 24.4. The number of ether oxygens (including phenoxy) is 3. The number of allylic oxidation sites excluding steroid dienone is 5. The second-order valence-electron chi connectivity index (χ2n) is 20.5. The normalized spacial score (nSPS) is 36.8. The maximum Gasteiger partial charge on any atom is 0.305 e. The first-order chi connectivity index (χ1) is 27.9. The van der Waals surface area contributed by atoms with Gasteiger partial charge in [-0.2, -0.15) is 0 Å². The Labute approximate surface area is 354 Å². The Bertz CT molecular complexity index is 1320. The van der Waals surface area contributed by atoms with E-state index >= 15 is 0 Å². The predicted octanol–water partition coefficient (Wildman–Crippen LogP) is 11.6. The van der Waals surface area contributed by atoms with Crippen molar-refractivity contribution in [3.63, 3.8) is 0 Å². The van der Waals surface area contributed by atoms with E-state index in [4.69, 9.17) is 14.2 Å². The smallest absolute Gasteiger partial charge is 0.305 e. The SMILES string of the molecule is CCCCC/C=C\C/C=C\CCCCCCCC(=O)OC[C@H]1O[C@@H](O[C@H]2CC[C@@]3(C)C(=CC[C@H]4[C@@H]5CC[C@H]([C@H](C)CCCC(C)C)[C@@]5(C)CC[C@@H]43)C2)[C@H](O)[C@@H](O)[C@@H]1O. The molecule has 13 atom stereocenters. The van der Waals surface area contributed by atoms with Crippen LogP contribution >= 0.6 is 0 Å². The molecule has 0 amide bonds. The van der Waals surface area contributed by atoms with E-state index < -0.39 is 30.7 Å². The third kappa shape index (κ3) is 12.3. The van der Waals surface area contributed by atoms with Crippen molar-refractivity contribution in [1.82, 2.24) is 0 Å². The maximum atomic E-state index is 12.6. The molecule has 7 heteroatoms. The highest BCUT2D eigenvalue weighted by molar-refractivity contribution is 5.69. The summed E-state index contributed by atoms with van der Waals surface area (Å²) in [6.45, 7) is 14.5. The van der Waals surface area contributed by atoms with Gasteiger partial charge in [-0.25, -0.2) is 0 Å². The zero-order valence-electron chi connectivity index (χ0n) is 37.8. The van der Waals surface area contributed by atoms with E-state index in [0.717, 1.165) is 100 Å². The third-order valence-electron chi connectivity index (χ3n) is 16.0. The molecule has 4 aliphatic carbocycles. The van der Waals surface area contributed by atoms with Crippen LogP contribution in [0.25, 0.3) is 0 Å². The fourth-order valence-electron chi connectivity index (χ4n) is 12.5. The molecule has 0 bridgehead atoms. The van der Waals surface area contributed by atoms with Crippen molar-refractivity contribution in [3.05, 3.63) is 36.0 Å². The predicted molar refractivity (Wildman–Crippen MR) is 235 cm³/mol. The maximum absolute atomic E-state index is 12.6. The fraction of sp³-hybridized carbons (Fsp3) is 0.863. The number of carbonyl (C=O) groups excluding carboxylic acids is 1. The molecule has 5 rings (SSSR count). The van der Waals surface area contributed by atoms with Crippen LogP contribution in [0.1, 0.15) is 189 Å². The largest absolute Gasteiger partial charge is 0.463 e. The van der Waals surface area contributed by atoms with Crippen LogP contribution in [0.5, 0.6) is 0 Å². The zero-order valence-corrected chi connectivity index (χ0v) is 37.8. The molecule has 1 heterocycles. The highest BCUT2D eigenvalue weighted by atomic mass is 16.7. The lowest BCUT2D eigenvalue weighted by Gasteiger charge is -2.58. The second kappa shape index (κ2) is 23.1. The summed E-state index contributed by atoms with van der Waals surface area (Å²) in [5.74, 6) is 4.41. The standard InChI is InChI=1S/C51H86O7/c1-7-8-9-10-11-12-13-14-15-16-17-18-19-20-21-25-45(52)56-35-44-46(53)47(54)48(55)49(58-44)57-39-30-32-50(5)38(34-39)26-27-40-42-29-28-41(37(4)24-22-23-36(2)3)51(42,6)33-31-43(40)50/h11-12,14-15,26,36-37,39-44,46-49,53-55H,7-10,13,16-25,27-35H2,1-6H3/b12-11-,15-14-/t37-,39+,40+,41-,42+,43+,44-,46-,47+,48-,49-,50+,51-/m1/s1. The lowest BCUT2D eigenvalue weighted by molar-refractivity contribution is -0.313. The zero-order chi connectivity index (χ0) is 41.7. The van der Waals surface area contributed by atoms with Crippen molar-refractivity contribution in [2.24, 2.45) is 46.3 Å². The molecule has 0 unspecified atom stereocenters. The fourth-order valence-corrected chi connectivity index (χ4v) is 12.5. The van der Waals surface area contributed by atoms with Crippen LogP contribution in [0.15, 0.2) is 36.0 Å². The van der Waals surface area contributed by atoms with Crippen LogP contribution in [0, 0.1) is 46.3 Å². The number of aliphatic hydroxyl groups is 3. The molecule has 1 saturated heterocycles. The Morgan fingerprint density at radius 3 is 2.29 bits per heavy atom. The van der Waals surface area contributed by atoms with Gasteiger partial charge in [0, 0.05) is 6.42 Å². The first kappa shape index (κ1) is 47.5. The summed E-state index contributed by atoms with van der Waals surface area (Å²) in [7, 11) is 0. The van der Waals surface area contributed by atoms with Gasteiger partial charge in [-0.3, -0.25) is 4.79 Å². The number of hydrogen-bond donors (Lipinski definition) is 3. The Morgan fingerprint density at radius 2 is 1.55 bits per heavy atom. The van der Waals surface area contributed by atoms with E-state index in [9.17, 15) is 20.1 Å². The Kier molecular flexibility index (Phi) is 18.9. The molecular weight excluding hydrogens is 725 g/mol.